The van der Waals surface area contributed by atoms with Crippen LogP contribution in [-0.4, -0.2) is 34.2 Å². The Labute approximate surface area is 69.7 Å². The Morgan fingerprint density at radius 1 is 1.75 bits per heavy atom. The van der Waals surface area contributed by atoms with E-state index in [0.29, 0.717) is 6.42 Å². The van der Waals surface area contributed by atoms with Gasteiger partial charge in [0.15, 0.2) is 0 Å². The molecular formula is C7H10N2O3. The van der Waals surface area contributed by atoms with Gasteiger partial charge in [0.25, 0.3) is 0 Å². The number of carboxylic acid groups (broad SMARTS) is 1. The molecule has 1 aliphatic rings. The van der Waals surface area contributed by atoms with Gasteiger partial charge in [0, 0.05) is 5.71 Å². The van der Waals surface area contributed by atoms with Gasteiger partial charge >= 0.3 is 5.97 Å². The molecule has 0 spiro atoms. The topological polar surface area (TPSA) is 70.0 Å². The molecule has 0 aromatic rings. The summed E-state index contributed by atoms with van der Waals surface area (Å²) in [6, 6.07) is 0. The minimum absolute atomic E-state index is 0.228. The van der Waals surface area contributed by atoms with E-state index in [4.69, 9.17) is 5.11 Å². The van der Waals surface area contributed by atoms with E-state index >= 15 is 0 Å². The molecule has 0 fully saturated rings. The molecule has 0 bridgehead atoms. The van der Waals surface area contributed by atoms with Crippen LogP contribution in [-0.2, 0) is 9.59 Å². The van der Waals surface area contributed by atoms with Gasteiger partial charge in [-0.2, -0.15) is 5.10 Å². The minimum atomic E-state index is -1.04. The van der Waals surface area contributed by atoms with E-state index in [1.807, 2.05) is 6.92 Å². The van der Waals surface area contributed by atoms with Crippen LogP contribution in [0.1, 0.15) is 19.8 Å². The lowest BCUT2D eigenvalue weighted by Gasteiger charge is -2.06. The van der Waals surface area contributed by atoms with Crippen molar-refractivity contribution in [2.45, 2.75) is 19.8 Å². The molecular weight excluding hydrogens is 160 g/mol. The molecule has 1 heterocycles. The highest BCUT2D eigenvalue weighted by Gasteiger charge is 2.23. The largest absolute Gasteiger partial charge is 0.480 e. The molecule has 0 aromatic carbocycles. The second-order valence-electron chi connectivity index (χ2n) is 2.54. The number of nitrogens with zero attached hydrogens (tertiary/aromatic N) is 2. The molecule has 1 N–H and O–H groups in total. The summed E-state index contributed by atoms with van der Waals surface area (Å²) in [5.74, 6) is -1.27. The van der Waals surface area contributed by atoms with Crippen molar-refractivity contribution in [2.75, 3.05) is 6.54 Å². The highest BCUT2D eigenvalue weighted by molar-refractivity contribution is 6.05. The van der Waals surface area contributed by atoms with Gasteiger partial charge in [0.05, 0.1) is 6.42 Å². The van der Waals surface area contributed by atoms with Crippen LogP contribution in [0.2, 0.25) is 0 Å². The first kappa shape index (κ1) is 8.70. The summed E-state index contributed by atoms with van der Waals surface area (Å²) in [5.41, 5.74) is 0.751. The van der Waals surface area contributed by atoms with Gasteiger partial charge in [0.2, 0.25) is 5.91 Å². The van der Waals surface area contributed by atoms with E-state index in [0.717, 1.165) is 10.7 Å². The Kier molecular flexibility index (Phi) is 2.42. The van der Waals surface area contributed by atoms with Crippen LogP contribution < -0.4 is 0 Å². The van der Waals surface area contributed by atoms with Gasteiger partial charge in [-0.1, -0.05) is 6.92 Å². The van der Waals surface area contributed by atoms with Crippen LogP contribution in [0.5, 0.6) is 0 Å². The fourth-order valence-electron chi connectivity index (χ4n) is 0.975. The van der Waals surface area contributed by atoms with Crippen LogP contribution in [0.25, 0.3) is 0 Å². The fraction of sp³-hybridized carbons (Fsp3) is 0.571. The number of carbonyl (C=O) groups is 2. The highest BCUT2D eigenvalue weighted by Crippen LogP contribution is 2.09. The molecule has 1 amide bonds. The zero-order chi connectivity index (χ0) is 9.14. The first-order valence-corrected chi connectivity index (χ1v) is 3.72. The number of amides is 1. The molecule has 0 aliphatic carbocycles. The summed E-state index contributed by atoms with van der Waals surface area (Å²) in [5, 5.41) is 13.2. The van der Waals surface area contributed by atoms with E-state index in [1.54, 1.807) is 0 Å². The highest BCUT2D eigenvalue weighted by atomic mass is 16.4. The van der Waals surface area contributed by atoms with Crippen molar-refractivity contribution < 1.29 is 14.7 Å². The number of carbonyl (C=O) groups excluding carboxylic acids is 1. The van der Waals surface area contributed by atoms with E-state index in [-0.39, 0.29) is 18.9 Å². The molecule has 0 radical (unpaired) electrons. The number of rotatable bonds is 3. The normalized spacial score (nSPS) is 16.6. The van der Waals surface area contributed by atoms with Gasteiger partial charge in [-0.05, 0) is 6.42 Å². The van der Waals surface area contributed by atoms with E-state index in [1.165, 1.54) is 0 Å². The lowest BCUT2D eigenvalue weighted by molar-refractivity contribution is -0.143. The summed E-state index contributed by atoms with van der Waals surface area (Å²) in [4.78, 5) is 21.3. The summed E-state index contributed by atoms with van der Waals surface area (Å²) in [7, 11) is 0. The van der Waals surface area contributed by atoms with E-state index in [2.05, 4.69) is 5.10 Å². The van der Waals surface area contributed by atoms with Gasteiger partial charge in [-0.3, -0.25) is 9.59 Å². The Morgan fingerprint density at radius 3 is 2.83 bits per heavy atom. The molecule has 5 nitrogen and oxygen atoms in total. The third kappa shape index (κ3) is 1.81. The van der Waals surface area contributed by atoms with Crippen molar-refractivity contribution in [1.82, 2.24) is 5.01 Å². The van der Waals surface area contributed by atoms with Crippen LogP contribution in [0.15, 0.2) is 5.10 Å². The van der Waals surface area contributed by atoms with Crippen molar-refractivity contribution in [3.05, 3.63) is 0 Å². The van der Waals surface area contributed by atoms with Crippen molar-refractivity contribution in [2.24, 2.45) is 5.10 Å². The van der Waals surface area contributed by atoms with Gasteiger partial charge < -0.3 is 5.11 Å². The zero-order valence-electron chi connectivity index (χ0n) is 6.78. The van der Waals surface area contributed by atoms with Crippen LogP contribution in [0.4, 0.5) is 0 Å². The molecule has 0 atom stereocenters. The maximum atomic E-state index is 11.0. The Bertz CT molecular complexity index is 247. The second-order valence-corrected chi connectivity index (χ2v) is 2.54. The number of carboxylic acids is 1. The molecule has 0 unspecified atom stereocenters. The van der Waals surface area contributed by atoms with Crippen LogP contribution in [0, 0.1) is 0 Å². The van der Waals surface area contributed by atoms with E-state index in [9.17, 15) is 9.59 Å². The average Bonchev–Trinajstić information content (AvgIpc) is 2.31. The van der Waals surface area contributed by atoms with Crippen molar-refractivity contribution >= 4 is 17.6 Å². The monoisotopic (exact) mass is 170 g/mol. The predicted octanol–water partition coefficient (Wildman–Crippen LogP) is 0.0693. The van der Waals surface area contributed by atoms with Crippen LogP contribution >= 0.6 is 0 Å². The molecule has 1 aliphatic heterocycles. The molecule has 1 rings (SSSR count). The lowest BCUT2D eigenvalue weighted by atomic mass is 10.2. The number of hydrogen-bond acceptors (Lipinski definition) is 3. The second kappa shape index (κ2) is 3.34. The number of aliphatic carboxylic acids is 1. The van der Waals surface area contributed by atoms with Crippen molar-refractivity contribution in [3.63, 3.8) is 0 Å². The van der Waals surface area contributed by atoms with Crippen LogP contribution in [0.3, 0.4) is 0 Å². The zero-order valence-corrected chi connectivity index (χ0v) is 6.78. The Balaban J connectivity index is 2.60. The minimum Gasteiger partial charge on any atom is -0.480 e. The predicted molar refractivity (Wildman–Crippen MR) is 41.7 cm³/mol. The first-order valence-electron chi connectivity index (χ1n) is 3.72. The molecule has 66 valence electrons. The third-order valence-corrected chi connectivity index (χ3v) is 1.60. The molecule has 0 aromatic heterocycles. The standard InChI is InChI=1S/C7H10N2O3/c1-2-5-3-6(10)9(8-5)4-7(11)12/h2-4H2,1H3,(H,11,12). The quantitative estimate of drug-likeness (QED) is 0.651. The molecule has 5 heteroatoms. The van der Waals surface area contributed by atoms with Crippen molar-refractivity contribution in [1.29, 1.82) is 0 Å². The summed E-state index contributed by atoms with van der Waals surface area (Å²) < 4.78 is 0. The average molecular weight is 170 g/mol. The van der Waals surface area contributed by atoms with Gasteiger partial charge in [-0.25, -0.2) is 5.01 Å². The third-order valence-electron chi connectivity index (χ3n) is 1.60. The number of hydrogen-bond donors (Lipinski definition) is 1. The molecule has 0 saturated heterocycles. The fourth-order valence-corrected chi connectivity index (χ4v) is 0.975. The Hall–Kier alpha value is -1.39. The number of hydrazone groups is 1. The first-order chi connectivity index (χ1) is 5.63. The summed E-state index contributed by atoms with van der Waals surface area (Å²) in [6.45, 7) is 1.55. The lowest BCUT2D eigenvalue weighted by Crippen LogP contribution is -2.27. The molecule has 0 saturated carbocycles. The smallest absolute Gasteiger partial charge is 0.325 e. The van der Waals surface area contributed by atoms with Gasteiger partial charge in [0.1, 0.15) is 6.54 Å². The summed E-state index contributed by atoms with van der Waals surface area (Å²) >= 11 is 0. The Morgan fingerprint density at radius 2 is 2.42 bits per heavy atom. The van der Waals surface area contributed by atoms with Gasteiger partial charge in [-0.15, -0.1) is 0 Å². The van der Waals surface area contributed by atoms with E-state index < -0.39 is 5.97 Å². The maximum absolute atomic E-state index is 11.0. The SMILES string of the molecule is CCC1=NN(CC(=O)O)C(=O)C1. The summed E-state index contributed by atoms with van der Waals surface area (Å²) in [6.07, 6.45) is 0.964. The van der Waals surface area contributed by atoms with Crippen molar-refractivity contribution in [3.8, 4) is 0 Å². The molecule has 12 heavy (non-hydrogen) atoms. The maximum Gasteiger partial charge on any atom is 0.325 e.